The minimum absolute atomic E-state index is 0. The third-order valence-corrected chi connectivity index (χ3v) is 3.63. The molecule has 0 heterocycles. The molecule has 0 spiro atoms. The van der Waals surface area contributed by atoms with E-state index in [0.717, 1.165) is 0 Å². The van der Waals surface area contributed by atoms with Crippen LogP contribution < -0.4 is 29.6 Å². The molecule has 2 saturated carbocycles. The van der Waals surface area contributed by atoms with Crippen LogP contribution in [0.1, 0.15) is 65.6 Å². The average Bonchev–Trinajstić information content (AvgIpc) is 2.32. The number of aliphatic imine (C=N–C) groups is 2. The topological polar surface area (TPSA) is 24.7 Å². The van der Waals surface area contributed by atoms with Crippen LogP contribution in [-0.2, 0) is 0 Å². The Morgan fingerprint density at radius 2 is 1.06 bits per heavy atom. The number of hydrogen-bond acceptors (Lipinski definition) is 2. The first kappa shape index (κ1) is 14.4. The quantitative estimate of drug-likeness (QED) is 0.498. The SMILES string of the molecule is C(=NC1CCCCC1)=NC1CCCCC1.[H-].[Na+]. The summed E-state index contributed by atoms with van der Waals surface area (Å²) in [4.78, 5) is 8.92. The Labute approximate surface area is 123 Å². The van der Waals surface area contributed by atoms with Gasteiger partial charge in [0.15, 0.2) is 0 Å². The largest absolute Gasteiger partial charge is 1.00 e. The van der Waals surface area contributed by atoms with Gasteiger partial charge in [-0.05, 0) is 25.7 Å². The molecule has 2 aliphatic rings. The molecule has 0 aromatic carbocycles. The molecule has 0 aromatic heterocycles. The fraction of sp³-hybridized carbons (Fsp3) is 0.923. The molecule has 2 rings (SSSR count). The van der Waals surface area contributed by atoms with Gasteiger partial charge in [-0.25, -0.2) is 9.98 Å². The van der Waals surface area contributed by atoms with Gasteiger partial charge < -0.3 is 1.43 Å². The summed E-state index contributed by atoms with van der Waals surface area (Å²) in [5.41, 5.74) is 0. The normalized spacial score (nSPS) is 23.0. The summed E-state index contributed by atoms with van der Waals surface area (Å²) in [6.07, 6.45) is 13.2. The van der Waals surface area contributed by atoms with Crippen molar-refractivity contribution >= 4 is 6.01 Å². The van der Waals surface area contributed by atoms with Crippen LogP contribution in [-0.4, -0.2) is 18.1 Å². The van der Waals surface area contributed by atoms with E-state index in [1.165, 1.54) is 64.2 Å². The Kier molecular flexibility index (Phi) is 7.64. The van der Waals surface area contributed by atoms with Gasteiger partial charge in [0.05, 0.1) is 18.1 Å². The van der Waals surface area contributed by atoms with Crippen molar-refractivity contribution in [2.24, 2.45) is 9.98 Å². The van der Waals surface area contributed by atoms with Crippen LogP contribution in [0.4, 0.5) is 0 Å². The molecule has 0 saturated heterocycles. The van der Waals surface area contributed by atoms with Crippen molar-refractivity contribution in [3.05, 3.63) is 0 Å². The maximum Gasteiger partial charge on any atom is 1.00 e. The van der Waals surface area contributed by atoms with Crippen LogP contribution in [0, 0.1) is 0 Å². The smallest absolute Gasteiger partial charge is 1.00 e. The standard InChI is InChI=1S/C13H22N2.Na.H/c1-3-7-12(8-4-1)14-11-15-13-9-5-2-6-10-13;;/h12-13H,1-10H2;;/q;+1;-1. The molecule has 0 aliphatic heterocycles. The van der Waals surface area contributed by atoms with E-state index in [0.29, 0.717) is 12.1 Å². The van der Waals surface area contributed by atoms with Gasteiger partial charge in [0, 0.05) is 0 Å². The number of nitrogens with zero attached hydrogens (tertiary/aromatic N) is 2. The Morgan fingerprint density at radius 1 is 0.688 bits per heavy atom. The molecule has 0 amide bonds. The fourth-order valence-corrected chi connectivity index (χ4v) is 2.62. The predicted molar refractivity (Wildman–Crippen MR) is 64.7 cm³/mol. The molecule has 0 atom stereocenters. The van der Waals surface area contributed by atoms with Gasteiger partial charge in [0.2, 0.25) is 0 Å². The maximum absolute atomic E-state index is 4.46. The second kappa shape index (κ2) is 8.47. The summed E-state index contributed by atoms with van der Waals surface area (Å²) in [5.74, 6) is 0. The predicted octanol–water partition coefficient (Wildman–Crippen LogP) is 0.942. The van der Waals surface area contributed by atoms with Gasteiger partial charge in [-0.15, -0.1) is 0 Å². The van der Waals surface area contributed by atoms with E-state index in [2.05, 4.69) is 16.0 Å². The molecule has 0 radical (unpaired) electrons. The summed E-state index contributed by atoms with van der Waals surface area (Å²) in [5, 5.41) is 0. The summed E-state index contributed by atoms with van der Waals surface area (Å²) >= 11 is 0. The monoisotopic (exact) mass is 230 g/mol. The molecule has 0 N–H and O–H groups in total. The van der Waals surface area contributed by atoms with E-state index < -0.39 is 0 Å². The Hall–Kier alpha value is 0.380. The molecule has 2 aliphatic carbocycles. The molecule has 2 nitrogen and oxygen atoms in total. The van der Waals surface area contributed by atoms with Gasteiger partial charge >= 0.3 is 29.6 Å². The van der Waals surface area contributed by atoms with E-state index in [-0.39, 0.29) is 31.0 Å². The minimum atomic E-state index is 0. The molecule has 3 heteroatoms. The zero-order valence-corrected chi connectivity index (χ0v) is 12.6. The molecule has 86 valence electrons. The first-order chi connectivity index (χ1) is 7.45. The molecule has 0 bridgehead atoms. The Bertz CT molecular complexity index is 218. The van der Waals surface area contributed by atoms with Crippen LogP contribution in [0.15, 0.2) is 9.98 Å². The van der Waals surface area contributed by atoms with E-state index in [4.69, 9.17) is 0 Å². The molecule has 0 aromatic rings. The van der Waals surface area contributed by atoms with Gasteiger partial charge in [0.25, 0.3) is 0 Å². The number of rotatable bonds is 2. The fourth-order valence-electron chi connectivity index (χ4n) is 2.62. The van der Waals surface area contributed by atoms with Crippen molar-refractivity contribution in [3.63, 3.8) is 0 Å². The van der Waals surface area contributed by atoms with E-state index in [1.807, 2.05) is 0 Å². The van der Waals surface area contributed by atoms with E-state index >= 15 is 0 Å². The van der Waals surface area contributed by atoms with Crippen molar-refractivity contribution < 1.29 is 31.0 Å². The second-order valence-corrected chi connectivity index (χ2v) is 4.94. The zero-order chi connectivity index (χ0) is 10.3. The van der Waals surface area contributed by atoms with Crippen LogP contribution in [0.5, 0.6) is 0 Å². The van der Waals surface area contributed by atoms with Crippen molar-refractivity contribution in [2.45, 2.75) is 76.3 Å². The molecule has 2 fully saturated rings. The van der Waals surface area contributed by atoms with Gasteiger partial charge in [-0.2, -0.15) is 0 Å². The minimum Gasteiger partial charge on any atom is -1.00 e. The summed E-state index contributed by atoms with van der Waals surface area (Å²) < 4.78 is 0. The van der Waals surface area contributed by atoms with Crippen molar-refractivity contribution in [2.75, 3.05) is 0 Å². The van der Waals surface area contributed by atoms with Crippen molar-refractivity contribution in [1.29, 1.82) is 0 Å². The van der Waals surface area contributed by atoms with Crippen molar-refractivity contribution in [1.82, 2.24) is 0 Å². The second-order valence-electron chi connectivity index (χ2n) is 4.94. The average molecular weight is 230 g/mol. The molecular weight excluding hydrogens is 207 g/mol. The van der Waals surface area contributed by atoms with Crippen LogP contribution >= 0.6 is 0 Å². The molecule has 0 unspecified atom stereocenters. The molecule has 16 heavy (non-hydrogen) atoms. The van der Waals surface area contributed by atoms with Gasteiger partial charge in [-0.3, -0.25) is 0 Å². The van der Waals surface area contributed by atoms with Crippen LogP contribution in [0.3, 0.4) is 0 Å². The first-order valence-electron chi connectivity index (χ1n) is 6.60. The van der Waals surface area contributed by atoms with E-state index in [1.54, 1.807) is 0 Å². The van der Waals surface area contributed by atoms with Gasteiger partial charge in [-0.1, -0.05) is 38.5 Å². The maximum atomic E-state index is 4.46. The van der Waals surface area contributed by atoms with Crippen LogP contribution in [0.2, 0.25) is 0 Å². The number of hydrogen-bond donors (Lipinski definition) is 0. The third kappa shape index (κ3) is 5.14. The summed E-state index contributed by atoms with van der Waals surface area (Å²) in [7, 11) is 0. The first-order valence-corrected chi connectivity index (χ1v) is 6.60. The summed E-state index contributed by atoms with van der Waals surface area (Å²) in [6.45, 7) is 0. The summed E-state index contributed by atoms with van der Waals surface area (Å²) in [6, 6.07) is 4.04. The van der Waals surface area contributed by atoms with Gasteiger partial charge in [0.1, 0.15) is 0 Å². The van der Waals surface area contributed by atoms with Crippen LogP contribution in [0.25, 0.3) is 0 Å². The third-order valence-electron chi connectivity index (χ3n) is 3.63. The Morgan fingerprint density at radius 3 is 1.44 bits per heavy atom. The molecular formula is C13H23N2Na. The Balaban J connectivity index is 0.00000128. The van der Waals surface area contributed by atoms with E-state index in [9.17, 15) is 0 Å². The van der Waals surface area contributed by atoms with Crippen molar-refractivity contribution in [3.8, 4) is 0 Å². The zero-order valence-electron chi connectivity index (χ0n) is 11.6.